The van der Waals surface area contributed by atoms with Crippen molar-refractivity contribution in [2.24, 2.45) is 10.2 Å². The van der Waals surface area contributed by atoms with Gasteiger partial charge >= 0.3 is 5.97 Å². The molecule has 1 aromatic heterocycles. The lowest BCUT2D eigenvalue weighted by molar-refractivity contribution is -0.140. The number of rotatable bonds is 11. The molecule has 0 radical (unpaired) electrons. The van der Waals surface area contributed by atoms with Crippen LogP contribution in [0.5, 0.6) is 5.88 Å². The molecule has 2 rings (SSSR count). The molecule has 0 fully saturated rings. The molecule has 0 aliphatic carbocycles. The number of hydrogen-bond donors (Lipinski definition) is 1. The summed E-state index contributed by atoms with van der Waals surface area (Å²) in [5, 5.41) is 19.4. The standard InChI is InChI=1S/C22H25N3O7S/c1-5-33(29,30)18-8-6-17(7-9-18)23-24-20-16(4)14-19(26)25(21(20)27)10-11-31-12-13-32-22(28)15(2)3/h5-9,14,27H,1-2,10-13H2,3-4H3. The minimum atomic E-state index is -3.56. The van der Waals surface area contributed by atoms with E-state index in [2.05, 4.69) is 23.4 Å². The zero-order valence-corrected chi connectivity index (χ0v) is 19.2. The number of esters is 1. The number of hydrogen-bond acceptors (Lipinski definition) is 9. The minimum absolute atomic E-state index is 0.0345. The maximum atomic E-state index is 12.3. The number of carbonyl (C=O) groups excluding carboxylic acids is 1. The van der Waals surface area contributed by atoms with Gasteiger partial charge in [0.15, 0.2) is 9.84 Å². The van der Waals surface area contributed by atoms with Crippen LogP contribution in [0.2, 0.25) is 0 Å². The first kappa shape index (κ1) is 25.7. The predicted molar refractivity (Wildman–Crippen MR) is 122 cm³/mol. The van der Waals surface area contributed by atoms with Crippen LogP contribution in [0.15, 0.2) is 74.4 Å². The van der Waals surface area contributed by atoms with Crippen molar-refractivity contribution in [2.75, 3.05) is 19.8 Å². The zero-order valence-electron chi connectivity index (χ0n) is 18.4. The molecule has 0 amide bonds. The number of nitrogens with zero attached hydrogens (tertiary/aromatic N) is 3. The van der Waals surface area contributed by atoms with Gasteiger partial charge in [-0.25, -0.2) is 13.2 Å². The third-order valence-electron chi connectivity index (χ3n) is 4.37. The van der Waals surface area contributed by atoms with Crippen molar-refractivity contribution in [1.82, 2.24) is 4.57 Å². The summed E-state index contributed by atoms with van der Waals surface area (Å²) in [7, 11) is -3.56. The molecule has 2 aromatic rings. The van der Waals surface area contributed by atoms with Crippen LogP contribution in [0, 0.1) is 6.92 Å². The van der Waals surface area contributed by atoms with Crippen LogP contribution in [-0.2, 0) is 30.7 Å². The van der Waals surface area contributed by atoms with Crippen molar-refractivity contribution in [2.45, 2.75) is 25.3 Å². The minimum Gasteiger partial charge on any atom is -0.493 e. The van der Waals surface area contributed by atoms with Crippen LogP contribution in [-0.4, -0.2) is 43.9 Å². The van der Waals surface area contributed by atoms with Gasteiger partial charge in [0.25, 0.3) is 5.56 Å². The number of azo groups is 1. The Morgan fingerprint density at radius 3 is 2.45 bits per heavy atom. The summed E-state index contributed by atoms with van der Waals surface area (Å²) >= 11 is 0. The fourth-order valence-electron chi connectivity index (χ4n) is 2.56. The fraction of sp³-hybridized carbons (Fsp3) is 0.273. The Labute approximate surface area is 191 Å². The Bertz CT molecular complexity index is 1230. The summed E-state index contributed by atoms with van der Waals surface area (Å²) < 4.78 is 34.9. The molecule has 176 valence electrons. The molecule has 11 heteroatoms. The van der Waals surface area contributed by atoms with Crippen molar-refractivity contribution in [3.8, 4) is 5.88 Å². The van der Waals surface area contributed by atoms with E-state index in [0.717, 1.165) is 9.98 Å². The zero-order chi connectivity index (χ0) is 24.6. The Morgan fingerprint density at radius 1 is 1.18 bits per heavy atom. The number of carbonyl (C=O) groups is 1. The van der Waals surface area contributed by atoms with E-state index in [1.165, 1.54) is 37.3 Å². The van der Waals surface area contributed by atoms with Gasteiger partial charge in [0, 0.05) is 17.0 Å². The quantitative estimate of drug-likeness (QED) is 0.228. The van der Waals surface area contributed by atoms with Crippen LogP contribution in [0.4, 0.5) is 11.4 Å². The van der Waals surface area contributed by atoms with Gasteiger partial charge in [-0.05, 0) is 43.7 Å². The molecule has 33 heavy (non-hydrogen) atoms. The van der Waals surface area contributed by atoms with E-state index < -0.39 is 21.4 Å². The topological polar surface area (TPSA) is 137 Å². The van der Waals surface area contributed by atoms with Gasteiger partial charge in [-0.3, -0.25) is 9.36 Å². The van der Waals surface area contributed by atoms with E-state index in [4.69, 9.17) is 9.47 Å². The molecule has 0 aliphatic rings. The van der Waals surface area contributed by atoms with E-state index in [9.17, 15) is 23.1 Å². The molecule has 1 heterocycles. The molecule has 1 aromatic carbocycles. The average Bonchev–Trinajstić information content (AvgIpc) is 2.77. The lowest BCUT2D eigenvalue weighted by atomic mass is 10.2. The first-order valence-corrected chi connectivity index (χ1v) is 11.3. The van der Waals surface area contributed by atoms with Crippen LogP contribution in [0.25, 0.3) is 0 Å². The monoisotopic (exact) mass is 475 g/mol. The Morgan fingerprint density at radius 2 is 1.85 bits per heavy atom. The highest BCUT2D eigenvalue weighted by atomic mass is 32.2. The fourth-order valence-corrected chi connectivity index (χ4v) is 3.27. The smallest absolute Gasteiger partial charge is 0.333 e. The van der Waals surface area contributed by atoms with E-state index in [-0.39, 0.29) is 48.4 Å². The van der Waals surface area contributed by atoms with Gasteiger partial charge in [-0.15, -0.1) is 5.11 Å². The number of benzene rings is 1. The molecular weight excluding hydrogens is 450 g/mol. The maximum Gasteiger partial charge on any atom is 0.333 e. The van der Waals surface area contributed by atoms with Gasteiger partial charge < -0.3 is 14.6 Å². The van der Waals surface area contributed by atoms with Crippen molar-refractivity contribution >= 4 is 27.2 Å². The van der Waals surface area contributed by atoms with Crippen molar-refractivity contribution in [3.63, 3.8) is 0 Å². The highest BCUT2D eigenvalue weighted by Crippen LogP contribution is 2.30. The number of aryl methyl sites for hydroxylation is 1. The molecule has 0 saturated heterocycles. The highest BCUT2D eigenvalue weighted by Gasteiger charge is 2.13. The first-order chi connectivity index (χ1) is 15.6. The molecule has 0 aliphatic heterocycles. The van der Waals surface area contributed by atoms with Gasteiger partial charge in [0.1, 0.15) is 12.3 Å². The second-order valence-electron chi connectivity index (χ2n) is 6.92. The van der Waals surface area contributed by atoms with Gasteiger partial charge in [-0.2, -0.15) is 5.11 Å². The number of pyridine rings is 1. The van der Waals surface area contributed by atoms with E-state index >= 15 is 0 Å². The Kier molecular flexibility index (Phi) is 8.83. The second-order valence-corrected chi connectivity index (χ2v) is 8.82. The van der Waals surface area contributed by atoms with Gasteiger partial charge in [0.05, 0.1) is 30.3 Å². The number of aromatic hydroxyl groups is 1. The largest absolute Gasteiger partial charge is 0.493 e. The third kappa shape index (κ3) is 6.96. The van der Waals surface area contributed by atoms with Gasteiger partial charge in [-0.1, -0.05) is 13.2 Å². The first-order valence-electron chi connectivity index (χ1n) is 9.80. The normalized spacial score (nSPS) is 11.5. The molecular formula is C22H25N3O7S. The number of sulfone groups is 1. The summed E-state index contributed by atoms with van der Waals surface area (Å²) in [6.45, 7) is 10.2. The molecule has 0 saturated carbocycles. The third-order valence-corrected chi connectivity index (χ3v) is 5.73. The van der Waals surface area contributed by atoms with Crippen LogP contribution < -0.4 is 5.56 Å². The van der Waals surface area contributed by atoms with Crippen molar-refractivity contribution in [3.05, 3.63) is 70.4 Å². The lowest BCUT2D eigenvalue weighted by Crippen LogP contribution is -2.22. The highest BCUT2D eigenvalue weighted by molar-refractivity contribution is 7.94. The molecule has 0 bridgehead atoms. The maximum absolute atomic E-state index is 12.3. The van der Waals surface area contributed by atoms with Crippen LogP contribution in [0.3, 0.4) is 0 Å². The molecule has 1 N–H and O–H groups in total. The second kappa shape index (κ2) is 11.3. The molecule has 0 spiro atoms. The van der Waals surface area contributed by atoms with E-state index in [1.807, 2.05) is 0 Å². The number of aromatic nitrogens is 1. The Hall–Kier alpha value is -3.57. The molecule has 0 atom stereocenters. The summed E-state index contributed by atoms with van der Waals surface area (Å²) in [4.78, 5) is 23.6. The Balaban J connectivity index is 2.08. The van der Waals surface area contributed by atoms with E-state index in [1.54, 1.807) is 6.92 Å². The van der Waals surface area contributed by atoms with Crippen molar-refractivity contribution < 1.29 is 27.8 Å². The molecule has 10 nitrogen and oxygen atoms in total. The van der Waals surface area contributed by atoms with Crippen LogP contribution in [0.1, 0.15) is 12.5 Å². The lowest BCUT2D eigenvalue weighted by Gasteiger charge is -2.12. The SMILES string of the molecule is C=CS(=O)(=O)c1ccc(N=Nc2c(C)cc(=O)n(CCOCCOC(=O)C(=C)C)c2O)cc1. The predicted octanol–water partition coefficient (Wildman–Crippen LogP) is 3.33. The van der Waals surface area contributed by atoms with Gasteiger partial charge in [0.2, 0.25) is 5.88 Å². The van der Waals surface area contributed by atoms with Crippen molar-refractivity contribution in [1.29, 1.82) is 0 Å². The summed E-state index contributed by atoms with van der Waals surface area (Å²) in [6, 6.07) is 6.95. The van der Waals surface area contributed by atoms with Crippen LogP contribution >= 0.6 is 0 Å². The number of ether oxygens (including phenoxy) is 2. The summed E-state index contributed by atoms with van der Waals surface area (Å²) in [5.41, 5.74) is 0.691. The van der Waals surface area contributed by atoms with E-state index in [0.29, 0.717) is 11.3 Å². The average molecular weight is 476 g/mol. The molecule has 0 unspecified atom stereocenters. The summed E-state index contributed by atoms with van der Waals surface area (Å²) in [6.07, 6.45) is 0. The summed E-state index contributed by atoms with van der Waals surface area (Å²) in [5.74, 6) is -0.898.